The molecule has 0 spiro atoms. The minimum atomic E-state index is 0.139. The lowest BCUT2D eigenvalue weighted by Gasteiger charge is -2.05. The Labute approximate surface area is 107 Å². The van der Waals surface area contributed by atoms with Gasteiger partial charge in [0.05, 0.1) is 0 Å². The summed E-state index contributed by atoms with van der Waals surface area (Å²) in [5.41, 5.74) is 0. The van der Waals surface area contributed by atoms with Gasteiger partial charge in [-0.1, -0.05) is 64.0 Å². The van der Waals surface area contributed by atoms with Gasteiger partial charge in [0, 0.05) is 12.3 Å². The topological polar surface area (TPSA) is 17.1 Å². The average Bonchev–Trinajstić information content (AvgIpc) is 2.34. The highest BCUT2D eigenvalue weighted by Crippen LogP contribution is 2.14. The second-order valence-corrected chi connectivity index (χ2v) is 5.40. The zero-order valence-corrected chi connectivity index (χ0v) is 11.4. The molecule has 1 atom stereocenters. The van der Waals surface area contributed by atoms with Gasteiger partial charge < -0.3 is 0 Å². The van der Waals surface area contributed by atoms with Crippen molar-refractivity contribution in [2.75, 3.05) is 0 Å². The molecule has 0 bridgehead atoms. The van der Waals surface area contributed by atoms with Gasteiger partial charge in [-0.05, 0) is 19.3 Å². The van der Waals surface area contributed by atoms with Crippen LogP contribution in [0.1, 0.15) is 77.6 Å². The second-order valence-electron chi connectivity index (χ2n) is 5.40. The van der Waals surface area contributed by atoms with E-state index in [1.165, 1.54) is 51.4 Å². The molecule has 1 nitrogen and oxygen atoms in total. The Morgan fingerprint density at radius 1 is 0.882 bits per heavy atom. The Hall–Kier alpha value is -0.590. The maximum absolute atomic E-state index is 11.8. The molecule has 17 heavy (non-hydrogen) atoms. The highest BCUT2D eigenvalue weighted by Gasteiger charge is 2.08. The van der Waals surface area contributed by atoms with Crippen LogP contribution < -0.4 is 0 Å². The van der Waals surface area contributed by atoms with Crippen molar-refractivity contribution in [1.29, 1.82) is 0 Å². The Morgan fingerprint density at radius 3 is 2.06 bits per heavy atom. The van der Waals surface area contributed by atoms with Gasteiger partial charge in [-0.2, -0.15) is 0 Å². The number of carbonyl (C=O) groups excluding carboxylic acids is 1. The number of ketones is 1. The first-order valence-electron chi connectivity index (χ1n) is 7.50. The van der Waals surface area contributed by atoms with Crippen LogP contribution in [0.4, 0.5) is 0 Å². The third-order valence-corrected chi connectivity index (χ3v) is 3.73. The second kappa shape index (κ2) is 9.44. The molecule has 0 aliphatic heterocycles. The van der Waals surface area contributed by atoms with Crippen LogP contribution in [0, 0.1) is 5.92 Å². The van der Waals surface area contributed by atoms with E-state index in [0.29, 0.717) is 5.78 Å². The molecule has 0 aromatic carbocycles. The van der Waals surface area contributed by atoms with Gasteiger partial charge in [-0.15, -0.1) is 0 Å². The molecule has 0 N–H and O–H groups in total. The Kier molecular flexibility index (Phi) is 8.04. The molecule has 1 unspecified atom stereocenters. The van der Waals surface area contributed by atoms with Crippen LogP contribution in [0.3, 0.4) is 0 Å². The molecule has 0 radical (unpaired) electrons. The molecule has 0 fully saturated rings. The van der Waals surface area contributed by atoms with Gasteiger partial charge in [0.1, 0.15) is 5.78 Å². The largest absolute Gasteiger partial charge is 0.299 e. The molecule has 1 aliphatic carbocycles. The van der Waals surface area contributed by atoms with Crippen molar-refractivity contribution in [1.82, 2.24) is 0 Å². The standard InChI is InChI=1S/C16H28O/c1-15-13-11-9-7-5-3-2-4-6-8-10-12-14-16(15)17/h11,13,15H,2-10,12,14H2,1H3/b13-11+. The van der Waals surface area contributed by atoms with E-state index in [1.54, 1.807) is 0 Å². The Bertz CT molecular complexity index is 230. The van der Waals surface area contributed by atoms with E-state index in [9.17, 15) is 4.79 Å². The molecule has 0 saturated heterocycles. The van der Waals surface area contributed by atoms with Crippen molar-refractivity contribution in [3.63, 3.8) is 0 Å². The van der Waals surface area contributed by atoms with Crippen molar-refractivity contribution < 1.29 is 4.79 Å². The van der Waals surface area contributed by atoms with Crippen LogP contribution in [-0.4, -0.2) is 5.78 Å². The first-order chi connectivity index (χ1) is 8.30. The molecule has 0 aromatic rings. The first kappa shape index (κ1) is 14.5. The van der Waals surface area contributed by atoms with Gasteiger partial charge in [-0.25, -0.2) is 0 Å². The summed E-state index contributed by atoms with van der Waals surface area (Å²) < 4.78 is 0. The van der Waals surface area contributed by atoms with Gasteiger partial charge in [0.25, 0.3) is 0 Å². The Morgan fingerprint density at radius 2 is 1.41 bits per heavy atom. The zero-order valence-electron chi connectivity index (χ0n) is 11.4. The molecule has 1 aliphatic rings. The van der Waals surface area contributed by atoms with Gasteiger partial charge in [0.15, 0.2) is 0 Å². The molecule has 0 aromatic heterocycles. The summed E-state index contributed by atoms with van der Waals surface area (Å²) in [4.78, 5) is 11.8. The Balaban J connectivity index is 2.32. The van der Waals surface area contributed by atoms with E-state index >= 15 is 0 Å². The molecule has 1 rings (SSSR count). The fraction of sp³-hybridized carbons (Fsp3) is 0.812. The van der Waals surface area contributed by atoms with Crippen LogP contribution in [0.5, 0.6) is 0 Å². The fourth-order valence-corrected chi connectivity index (χ4v) is 2.43. The van der Waals surface area contributed by atoms with Crippen LogP contribution in [0.2, 0.25) is 0 Å². The summed E-state index contributed by atoms with van der Waals surface area (Å²) in [6.07, 6.45) is 18.1. The number of rotatable bonds is 0. The lowest BCUT2D eigenvalue weighted by Crippen LogP contribution is -2.07. The van der Waals surface area contributed by atoms with Crippen molar-refractivity contribution in [3.8, 4) is 0 Å². The van der Waals surface area contributed by atoms with E-state index in [0.717, 1.165) is 19.3 Å². The molecule has 0 saturated carbocycles. The normalized spacial score (nSPS) is 28.1. The van der Waals surface area contributed by atoms with Gasteiger partial charge in [0.2, 0.25) is 0 Å². The molecule has 1 heteroatoms. The number of hydrogen-bond acceptors (Lipinski definition) is 1. The lowest BCUT2D eigenvalue weighted by molar-refractivity contribution is -0.121. The molecular formula is C16H28O. The van der Waals surface area contributed by atoms with Gasteiger partial charge >= 0.3 is 0 Å². The first-order valence-corrected chi connectivity index (χ1v) is 7.50. The number of Topliss-reactive ketones (excluding diaryl/α,β-unsaturated/α-hetero) is 1. The number of hydrogen-bond donors (Lipinski definition) is 0. The summed E-state index contributed by atoms with van der Waals surface area (Å²) in [5.74, 6) is 0.566. The minimum absolute atomic E-state index is 0.139. The van der Waals surface area contributed by atoms with E-state index in [-0.39, 0.29) is 5.92 Å². The summed E-state index contributed by atoms with van der Waals surface area (Å²) >= 11 is 0. The summed E-state index contributed by atoms with van der Waals surface area (Å²) in [6.45, 7) is 2.04. The third kappa shape index (κ3) is 7.36. The zero-order chi connectivity index (χ0) is 12.3. The number of carbonyl (C=O) groups is 1. The summed E-state index contributed by atoms with van der Waals surface area (Å²) in [5, 5.41) is 0. The van der Waals surface area contributed by atoms with Crippen molar-refractivity contribution in [2.24, 2.45) is 5.92 Å². The minimum Gasteiger partial charge on any atom is -0.299 e. The molecule has 0 amide bonds. The lowest BCUT2D eigenvalue weighted by atomic mass is 9.99. The summed E-state index contributed by atoms with van der Waals surface area (Å²) in [6, 6.07) is 0. The highest BCUT2D eigenvalue weighted by molar-refractivity contribution is 5.82. The maximum Gasteiger partial charge on any atom is 0.139 e. The molecule has 0 heterocycles. The predicted molar refractivity (Wildman–Crippen MR) is 74.1 cm³/mol. The van der Waals surface area contributed by atoms with Crippen LogP contribution in [-0.2, 0) is 4.79 Å². The van der Waals surface area contributed by atoms with E-state index in [1.807, 2.05) is 6.92 Å². The number of allylic oxidation sites excluding steroid dienone is 2. The van der Waals surface area contributed by atoms with Crippen LogP contribution >= 0.6 is 0 Å². The van der Waals surface area contributed by atoms with Gasteiger partial charge in [-0.3, -0.25) is 4.79 Å². The van der Waals surface area contributed by atoms with E-state index in [2.05, 4.69) is 12.2 Å². The van der Waals surface area contributed by atoms with E-state index in [4.69, 9.17) is 0 Å². The maximum atomic E-state index is 11.8. The van der Waals surface area contributed by atoms with Crippen molar-refractivity contribution in [3.05, 3.63) is 12.2 Å². The van der Waals surface area contributed by atoms with Crippen LogP contribution in [0.15, 0.2) is 12.2 Å². The molecule has 98 valence electrons. The highest BCUT2D eigenvalue weighted by atomic mass is 16.1. The third-order valence-electron chi connectivity index (χ3n) is 3.73. The smallest absolute Gasteiger partial charge is 0.139 e. The fourth-order valence-electron chi connectivity index (χ4n) is 2.43. The van der Waals surface area contributed by atoms with E-state index < -0.39 is 0 Å². The summed E-state index contributed by atoms with van der Waals surface area (Å²) in [7, 11) is 0. The molecular weight excluding hydrogens is 208 g/mol. The SMILES string of the molecule is CC1/C=C/CCCCCCCCCCCC1=O. The quantitative estimate of drug-likeness (QED) is 0.538. The monoisotopic (exact) mass is 236 g/mol. The van der Waals surface area contributed by atoms with Crippen LogP contribution in [0.25, 0.3) is 0 Å². The van der Waals surface area contributed by atoms with Crippen molar-refractivity contribution >= 4 is 5.78 Å². The average molecular weight is 236 g/mol. The predicted octanol–water partition coefficient (Wildman–Crippen LogP) is 5.05. The van der Waals surface area contributed by atoms with Crippen molar-refractivity contribution in [2.45, 2.75) is 77.6 Å².